The molecule has 36 heavy (non-hydrogen) atoms. The molecule has 0 saturated carbocycles. The minimum absolute atomic E-state index is 0.00943. The van der Waals surface area contributed by atoms with Gasteiger partial charge in [0.2, 0.25) is 17.7 Å². The summed E-state index contributed by atoms with van der Waals surface area (Å²) in [4.78, 5) is 45.0. The summed E-state index contributed by atoms with van der Waals surface area (Å²) in [5.41, 5.74) is 5.22. The van der Waals surface area contributed by atoms with Crippen LogP contribution in [0.15, 0.2) is 48.5 Å². The van der Waals surface area contributed by atoms with Crippen LogP contribution in [0.4, 0.5) is 4.39 Å². The lowest BCUT2D eigenvalue weighted by molar-refractivity contribution is -0.158. The average Bonchev–Trinajstić information content (AvgIpc) is 3.26. The van der Waals surface area contributed by atoms with Crippen LogP contribution in [-0.2, 0) is 20.8 Å². The van der Waals surface area contributed by atoms with Crippen molar-refractivity contribution < 1.29 is 24.0 Å². The van der Waals surface area contributed by atoms with Crippen molar-refractivity contribution in [2.75, 3.05) is 13.1 Å². The first-order valence-electron chi connectivity index (χ1n) is 12.4. The zero-order valence-electron chi connectivity index (χ0n) is 19.9. The van der Waals surface area contributed by atoms with E-state index in [0.717, 1.165) is 47.0 Å². The van der Waals surface area contributed by atoms with Crippen LogP contribution < -0.4 is 5.48 Å². The lowest BCUT2D eigenvalue weighted by Gasteiger charge is -2.47. The standard InChI is InChI=1S/C27H29FN4O4/c28-18-12-10-17(11-13-18)26-25-20(19-7-4-5-8-21(19)29-25)15-22-27(35)31(16-24(34)32(22)26)14-6-2-1-3-9-23(33)30-36/h4-5,7-8,10-13,22,26,29,36H,1-3,6,9,14-16H2,(H,30,33)/t22-,26-/m0/s1. The Morgan fingerprint density at radius 1 is 1.06 bits per heavy atom. The highest BCUT2D eigenvalue weighted by Gasteiger charge is 2.48. The molecule has 0 aliphatic carbocycles. The molecule has 3 heterocycles. The average molecular weight is 493 g/mol. The van der Waals surface area contributed by atoms with E-state index in [0.29, 0.717) is 19.4 Å². The van der Waals surface area contributed by atoms with Crippen LogP contribution in [0.2, 0.25) is 0 Å². The van der Waals surface area contributed by atoms with E-state index in [4.69, 9.17) is 5.21 Å². The van der Waals surface area contributed by atoms with Gasteiger partial charge in [0.25, 0.3) is 0 Å². The summed E-state index contributed by atoms with van der Waals surface area (Å²) < 4.78 is 13.7. The molecule has 1 saturated heterocycles. The van der Waals surface area contributed by atoms with Crippen molar-refractivity contribution in [2.45, 2.75) is 50.6 Å². The Kier molecular flexibility index (Phi) is 6.73. The number of nitrogens with zero attached hydrogens (tertiary/aromatic N) is 2. The first kappa shape index (κ1) is 24.0. The smallest absolute Gasteiger partial charge is 0.246 e. The van der Waals surface area contributed by atoms with E-state index in [1.807, 2.05) is 24.3 Å². The van der Waals surface area contributed by atoms with Crippen LogP contribution in [0.5, 0.6) is 0 Å². The van der Waals surface area contributed by atoms with Gasteiger partial charge in [-0.1, -0.05) is 43.2 Å². The molecule has 3 amide bonds. The molecule has 188 valence electrons. The van der Waals surface area contributed by atoms with Gasteiger partial charge in [-0.3, -0.25) is 19.6 Å². The quantitative estimate of drug-likeness (QED) is 0.254. The Morgan fingerprint density at radius 3 is 2.58 bits per heavy atom. The van der Waals surface area contributed by atoms with Crippen LogP contribution in [0.25, 0.3) is 10.9 Å². The summed E-state index contributed by atoms with van der Waals surface area (Å²) in [6.45, 7) is 0.485. The summed E-state index contributed by atoms with van der Waals surface area (Å²) in [6.07, 6.45) is 3.67. The number of para-hydroxylation sites is 1. The van der Waals surface area contributed by atoms with Crippen LogP contribution >= 0.6 is 0 Å². The number of aromatic amines is 1. The molecule has 1 fully saturated rings. The van der Waals surface area contributed by atoms with E-state index in [1.165, 1.54) is 12.1 Å². The summed E-state index contributed by atoms with van der Waals surface area (Å²) >= 11 is 0. The highest BCUT2D eigenvalue weighted by molar-refractivity contribution is 5.97. The number of nitrogens with one attached hydrogen (secondary N) is 2. The fourth-order valence-electron chi connectivity index (χ4n) is 5.50. The van der Waals surface area contributed by atoms with E-state index in [9.17, 15) is 18.8 Å². The van der Waals surface area contributed by atoms with Gasteiger partial charge in [-0.25, -0.2) is 9.87 Å². The molecule has 8 nitrogen and oxygen atoms in total. The third kappa shape index (κ3) is 4.46. The summed E-state index contributed by atoms with van der Waals surface area (Å²) in [5, 5.41) is 9.60. The molecule has 2 aliphatic rings. The summed E-state index contributed by atoms with van der Waals surface area (Å²) in [7, 11) is 0. The third-order valence-electron chi connectivity index (χ3n) is 7.23. The number of benzene rings is 2. The second-order valence-electron chi connectivity index (χ2n) is 9.50. The summed E-state index contributed by atoms with van der Waals surface area (Å²) in [6, 6.07) is 12.9. The summed E-state index contributed by atoms with van der Waals surface area (Å²) in [5.74, 6) is -0.959. The number of piperazine rings is 1. The number of aromatic nitrogens is 1. The number of fused-ring (bicyclic) bond motifs is 4. The Labute approximate surface area is 208 Å². The molecule has 2 aliphatic heterocycles. The van der Waals surface area contributed by atoms with E-state index < -0.39 is 18.0 Å². The first-order chi connectivity index (χ1) is 17.5. The first-order valence-corrected chi connectivity index (χ1v) is 12.4. The van der Waals surface area contributed by atoms with Crippen molar-refractivity contribution >= 4 is 28.6 Å². The highest BCUT2D eigenvalue weighted by atomic mass is 19.1. The fourth-order valence-corrected chi connectivity index (χ4v) is 5.50. The van der Waals surface area contributed by atoms with Gasteiger partial charge in [0.15, 0.2) is 0 Å². The molecule has 3 aromatic rings. The zero-order valence-corrected chi connectivity index (χ0v) is 19.9. The number of H-pyrrole nitrogens is 1. The molecule has 0 radical (unpaired) electrons. The number of rotatable bonds is 8. The van der Waals surface area contributed by atoms with Crippen LogP contribution in [-0.4, -0.2) is 56.8 Å². The van der Waals surface area contributed by atoms with Crippen LogP contribution in [0.3, 0.4) is 0 Å². The molecule has 1 aromatic heterocycles. The van der Waals surface area contributed by atoms with E-state index in [2.05, 4.69) is 4.98 Å². The predicted molar refractivity (Wildman–Crippen MR) is 130 cm³/mol. The second-order valence-corrected chi connectivity index (χ2v) is 9.50. The van der Waals surface area contributed by atoms with Gasteiger partial charge in [0, 0.05) is 36.0 Å². The lowest BCUT2D eigenvalue weighted by atomic mass is 9.86. The Bertz CT molecular complexity index is 1290. The number of halogens is 1. The molecule has 3 N–H and O–H groups in total. The van der Waals surface area contributed by atoms with Gasteiger partial charge in [0.1, 0.15) is 11.9 Å². The molecule has 5 rings (SSSR count). The molecule has 0 spiro atoms. The fraction of sp³-hybridized carbons (Fsp3) is 0.370. The minimum atomic E-state index is -0.624. The van der Waals surface area contributed by atoms with Crippen molar-refractivity contribution in [1.29, 1.82) is 0 Å². The van der Waals surface area contributed by atoms with E-state index in [-0.39, 0.29) is 30.6 Å². The number of hydrogen-bond donors (Lipinski definition) is 3. The maximum atomic E-state index is 13.7. The number of carbonyl (C=O) groups excluding carboxylic acids is 3. The maximum Gasteiger partial charge on any atom is 0.246 e. The van der Waals surface area contributed by atoms with E-state index in [1.54, 1.807) is 27.4 Å². The van der Waals surface area contributed by atoms with Crippen LogP contribution in [0.1, 0.15) is 55.0 Å². The molecule has 2 atom stereocenters. The van der Waals surface area contributed by atoms with E-state index >= 15 is 0 Å². The van der Waals surface area contributed by atoms with Gasteiger partial charge in [-0.15, -0.1) is 0 Å². The Morgan fingerprint density at radius 2 is 1.81 bits per heavy atom. The molecular formula is C27H29FN4O4. The number of hydroxylamine groups is 1. The zero-order chi connectivity index (χ0) is 25.2. The predicted octanol–water partition coefficient (Wildman–Crippen LogP) is 3.45. The van der Waals surface area contributed by atoms with Crippen LogP contribution in [0, 0.1) is 5.82 Å². The molecule has 2 aromatic carbocycles. The monoisotopic (exact) mass is 492 g/mol. The van der Waals surface area contributed by atoms with Gasteiger partial charge in [-0.05, 0) is 42.2 Å². The van der Waals surface area contributed by atoms with Gasteiger partial charge < -0.3 is 14.8 Å². The minimum Gasteiger partial charge on any atom is -0.356 e. The highest BCUT2D eigenvalue weighted by Crippen LogP contribution is 2.42. The topological polar surface area (TPSA) is 106 Å². The number of carbonyl (C=O) groups is 3. The van der Waals surface area contributed by atoms with Crippen molar-refractivity contribution in [3.63, 3.8) is 0 Å². The lowest BCUT2D eigenvalue weighted by Crippen LogP contribution is -2.63. The third-order valence-corrected chi connectivity index (χ3v) is 7.23. The largest absolute Gasteiger partial charge is 0.356 e. The Hall–Kier alpha value is -3.72. The number of hydrogen-bond acceptors (Lipinski definition) is 4. The van der Waals surface area contributed by atoms with Gasteiger partial charge in [-0.2, -0.15) is 0 Å². The van der Waals surface area contributed by atoms with Crippen molar-refractivity contribution in [2.24, 2.45) is 0 Å². The Balaban J connectivity index is 1.38. The maximum absolute atomic E-state index is 13.7. The number of unbranched alkanes of at least 4 members (excludes halogenated alkanes) is 3. The number of amides is 3. The molecule has 9 heteroatoms. The molecule has 0 bridgehead atoms. The van der Waals surface area contributed by atoms with Crippen molar-refractivity contribution in [1.82, 2.24) is 20.3 Å². The van der Waals surface area contributed by atoms with Crippen molar-refractivity contribution in [3.05, 3.63) is 71.2 Å². The SMILES string of the molecule is O=C(CCCCCCN1CC(=O)N2[C@@H](c3ccc(F)cc3)c3[nH]c4ccccc4c3C[C@H]2C1=O)NO. The van der Waals surface area contributed by atoms with Crippen molar-refractivity contribution in [3.8, 4) is 0 Å². The molecular weight excluding hydrogens is 463 g/mol. The normalized spacial score (nSPS) is 19.4. The molecule has 0 unspecified atom stereocenters. The van der Waals surface area contributed by atoms with Gasteiger partial charge in [0.05, 0.1) is 12.6 Å². The van der Waals surface area contributed by atoms with Gasteiger partial charge >= 0.3 is 0 Å². The second kappa shape index (κ2) is 10.1.